The summed E-state index contributed by atoms with van der Waals surface area (Å²) in [6.07, 6.45) is 0. The lowest BCUT2D eigenvalue weighted by atomic mass is 10.0. The average Bonchev–Trinajstić information content (AvgIpc) is 2.89. The highest BCUT2D eigenvalue weighted by atomic mass is 35.5. The number of fused-ring (bicyclic) bond motifs is 1. The number of hydrogen-bond acceptors (Lipinski definition) is 2. The van der Waals surface area contributed by atoms with E-state index in [1.54, 1.807) is 24.3 Å². The molecule has 1 unspecified atom stereocenters. The van der Waals surface area contributed by atoms with Crippen molar-refractivity contribution >= 4 is 29.2 Å². The number of carbonyl (C=O) groups excluding carboxylic acids is 1. The molecule has 1 heterocycles. The van der Waals surface area contributed by atoms with E-state index in [1.807, 2.05) is 0 Å². The van der Waals surface area contributed by atoms with Crippen molar-refractivity contribution in [3.8, 4) is 0 Å². The summed E-state index contributed by atoms with van der Waals surface area (Å²) in [4.78, 5) is 25.2. The van der Waals surface area contributed by atoms with Crippen LogP contribution in [0, 0.1) is 5.82 Å². The van der Waals surface area contributed by atoms with E-state index in [-0.39, 0.29) is 17.1 Å². The Morgan fingerprint density at radius 3 is 2.68 bits per heavy atom. The van der Waals surface area contributed by atoms with Gasteiger partial charge in [0.2, 0.25) is 0 Å². The lowest BCUT2D eigenvalue weighted by Crippen LogP contribution is -2.31. The van der Waals surface area contributed by atoms with E-state index in [4.69, 9.17) is 11.6 Å². The monoisotopic (exact) mass is 319 g/mol. The van der Waals surface area contributed by atoms with Gasteiger partial charge < -0.3 is 10.0 Å². The fourth-order valence-electron chi connectivity index (χ4n) is 2.62. The Balaban J connectivity index is 2.04. The minimum absolute atomic E-state index is 0.0283. The molecule has 1 aliphatic rings. The number of halogens is 2. The first-order chi connectivity index (χ1) is 10.5. The van der Waals surface area contributed by atoms with Crippen LogP contribution in [0.5, 0.6) is 0 Å². The average molecular weight is 320 g/mol. The first-order valence-corrected chi connectivity index (χ1v) is 6.95. The number of aliphatic carboxylic acids is 1. The van der Waals surface area contributed by atoms with Crippen molar-refractivity contribution in [1.82, 2.24) is 0 Å². The van der Waals surface area contributed by atoms with Crippen LogP contribution >= 0.6 is 11.6 Å². The van der Waals surface area contributed by atoms with E-state index < -0.39 is 23.6 Å². The highest BCUT2D eigenvalue weighted by molar-refractivity contribution is 6.31. The van der Waals surface area contributed by atoms with Crippen molar-refractivity contribution in [1.29, 1.82) is 0 Å². The molecule has 4 nitrogen and oxygen atoms in total. The third-order valence-electron chi connectivity index (χ3n) is 3.67. The molecule has 6 heteroatoms. The third-order valence-corrected chi connectivity index (χ3v) is 3.91. The van der Waals surface area contributed by atoms with Crippen molar-refractivity contribution in [2.24, 2.45) is 0 Å². The van der Waals surface area contributed by atoms with Crippen LogP contribution in [0.15, 0.2) is 42.5 Å². The highest BCUT2D eigenvalue weighted by Gasteiger charge is 2.37. The van der Waals surface area contributed by atoms with Gasteiger partial charge >= 0.3 is 5.97 Å². The van der Waals surface area contributed by atoms with Gasteiger partial charge in [-0.3, -0.25) is 9.59 Å². The molecule has 2 aromatic rings. The summed E-state index contributed by atoms with van der Waals surface area (Å²) in [7, 11) is 0. The molecule has 1 amide bonds. The summed E-state index contributed by atoms with van der Waals surface area (Å²) in [5.41, 5.74) is 0.860. The molecule has 1 atom stereocenters. The van der Waals surface area contributed by atoms with Crippen LogP contribution in [0.1, 0.15) is 21.8 Å². The molecule has 112 valence electrons. The number of carbonyl (C=O) groups is 2. The van der Waals surface area contributed by atoms with Crippen LogP contribution in [-0.4, -0.2) is 23.5 Å². The zero-order valence-electron chi connectivity index (χ0n) is 11.3. The van der Waals surface area contributed by atoms with Crippen LogP contribution in [0.25, 0.3) is 0 Å². The number of nitrogens with zero attached hydrogens (tertiary/aromatic N) is 1. The normalized spacial score (nSPS) is 16.5. The quantitative estimate of drug-likeness (QED) is 0.924. The van der Waals surface area contributed by atoms with Crippen molar-refractivity contribution in [3.63, 3.8) is 0 Å². The number of hydrogen-bond donors (Lipinski definition) is 1. The zero-order valence-corrected chi connectivity index (χ0v) is 12.0. The predicted octanol–water partition coefficient (Wildman–Crippen LogP) is 3.31. The van der Waals surface area contributed by atoms with E-state index >= 15 is 0 Å². The van der Waals surface area contributed by atoms with Crippen molar-refractivity contribution in [2.45, 2.75) is 5.92 Å². The van der Waals surface area contributed by atoms with Crippen LogP contribution in [-0.2, 0) is 4.79 Å². The van der Waals surface area contributed by atoms with Crippen LogP contribution < -0.4 is 4.90 Å². The molecule has 0 saturated heterocycles. The van der Waals surface area contributed by atoms with Gasteiger partial charge in [0.05, 0.1) is 5.56 Å². The van der Waals surface area contributed by atoms with Crippen molar-refractivity contribution < 1.29 is 19.1 Å². The molecule has 0 spiro atoms. The Hall–Kier alpha value is -2.40. The number of benzene rings is 2. The third kappa shape index (κ3) is 2.33. The number of anilines is 1. The van der Waals surface area contributed by atoms with E-state index in [2.05, 4.69) is 0 Å². The molecule has 1 N–H and O–H groups in total. The van der Waals surface area contributed by atoms with Gasteiger partial charge in [0, 0.05) is 17.3 Å². The molecular formula is C16H11ClFNO3. The predicted molar refractivity (Wildman–Crippen MR) is 79.9 cm³/mol. The number of amides is 1. The number of carboxylic acids is 1. The molecule has 22 heavy (non-hydrogen) atoms. The lowest BCUT2D eigenvalue weighted by Gasteiger charge is -2.18. The summed E-state index contributed by atoms with van der Waals surface area (Å²) in [5.74, 6) is -3.13. The minimum Gasteiger partial charge on any atom is -0.481 e. The van der Waals surface area contributed by atoms with Crippen LogP contribution in [0.2, 0.25) is 5.02 Å². The van der Waals surface area contributed by atoms with Gasteiger partial charge in [-0.15, -0.1) is 0 Å². The SMILES string of the molecule is O=C(O)C1CN(C(=O)c2cc(Cl)ccc2F)c2ccccc21. The summed E-state index contributed by atoms with van der Waals surface area (Å²) in [5, 5.41) is 9.54. The van der Waals surface area contributed by atoms with E-state index in [0.29, 0.717) is 11.3 Å². The summed E-state index contributed by atoms with van der Waals surface area (Å²) in [6.45, 7) is -0.0283. The first-order valence-electron chi connectivity index (χ1n) is 6.57. The molecule has 3 rings (SSSR count). The van der Waals surface area contributed by atoms with Gasteiger partial charge in [-0.2, -0.15) is 0 Å². The zero-order chi connectivity index (χ0) is 15.9. The minimum atomic E-state index is -1.02. The summed E-state index contributed by atoms with van der Waals surface area (Å²) < 4.78 is 13.9. The standard InChI is InChI=1S/C16H11ClFNO3/c17-9-5-6-13(18)11(7-9)15(20)19-8-12(16(21)22)10-3-1-2-4-14(10)19/h1-7,12H,8H2,(H,21,22). The Morgan fingerprint density at radius 2 is 1.95 bits per heavy atom. The van der Waals surface area contributed by atoms with Gasteiger partial charge in [0.15, 0.2) is 0 Å². The molecule has 0 bridgehead atoms. The first kappa shape index (κ1) is 14.5. The molecule has 0 aromatic heterocycles. The van der Waals surface area contributed by atoms with Crippen LogP contribution in [0.4, 0.5) is 10.1 Å². The maximum Gasteiger partial charge on any atom is 0.312 e. The largest absolute Gasteiger partial charge is 0.481 e. The van der Waals surface area contributed by atoms with Crippen molar-refractivity contribution in [3.05, 3.63) is 64.4 Å². The molecule has 1 aliphatic heterocycles. The second-order valence-electron chi connectivity index (χ2n) is 4.99. The van der Waals surface area contributed by atoms with Crippen molar-refractivity contribution in [2.75, 3.05) is 11.4 Å². The second-order valence-corrected chi connectivity index (χ2v) is 5.43. The maximum absolute atomic E-state index is 13.9. The lowest BCUT2D eigenvalue weighted by molar-refractivity contribution is -0.138. The molecule has 0 saturated carbocycles. The van der Waals surface area contributed by atoms with Crippen LogP contribution in [0.3, 0.4) is 0 Å². The fourth-order valence-corrected chi connectivity index (χ4v) is 2.79. The smallest absolute Gasteiger partial charge is 0.312 e. The summed E-state index contributed by atoms with van der Waals surface area (Å²) >= 11 is 5.82. The summed E-state index contributed by atoms with van der Waals surface area (Å²) in [6, 6.07) is 10.4. The molecule has 0 aliphatic carbocycles. The van der Waals surface area contributed by atoms with Gasteiger partial charge in [-0.1, -0.05) is 29.8 Å². The number of rotatable bonds is 2. The highest BCUT2D eigenvalue weighted by Crippen LogP contribution is 2.37. The molecule has 0 radical (unpaired) electrons. The Morgan fingerprint density at radius 1 is 1.23 bits per heavy atom. The van der Waals surface area contributed by atoms with E-state index in [1.165, 1.54) is 17.0 Å². The maximum atomic E-state index is 13.9. The fraction of sp³-hybridized carbons (Fsp3) is 0.125. The molecule has 2 aromatic carbocycles. The number of carboxylic acid groups (broad SMARTS) is 1. The van der Waals surface area contributed by atoms with E-state index in [9.17, 15) is 19.1 Å². The van der Waals surface area contributed by atoms with Gasteiger partial charge in [-0.25, -0.2) is 4.39 Å². The van der Waals surface area contributed by atoms with Gasteiger partial charge in [0.25, 0.3) is 5.91 Å². The Kier molecular flexibility index (Phi) is 3.58. The Labute approximate surface area is 130 Å². The topological polar surface area (TPSA) is 57.6 Å². The number of para-hydroxylation sites is 1. The Bertz CT molecular complexity index is 778. The van der Waals surface area contributed by atoms with Gasteiger partial charge in [0.1, 0.15) is 11.7 Å². The van der Waals surface area contributed by atoms with Gasteiger partial charge in [-0.05, 0) is 29.8 Å². The molecule has 0 fully saturated rings. The van der Waals surface area contributed by atoms with E-state index in [0.717, 1.165) is 6.07 Å². The molecular weight excluding hydrogens is 309 g/mol. The second kappa shape index (κ2) is 5.42.